The molecule has 1 aromatic carbocycles. The minimum atomic E-state index is 0.256. The average molecular weight is 214 g/mol. The van der Waals surface area contributed by atoms with E-state index in [0.717, 1.165) is 6.29 Å². The van der Waals surface area contributed by atoms with Gasteiger partial charge in [0.15, 0.2) is 12.1 Å². The lowest BCUT2D eigenvalue weighted by Crippen LogP contribution is -2.01. The summed E-state index contributed by atoms with van der Waals surface area (Å²) in [4.78, 5) is 18.8. The molecule has 1 aromatic heterocycles. The molecule has 0 spiro atoms. The maximum atomic E-state index is 10.7. The SMILES string of the molecule is O=Cc1ccccc1OCc1ncccn1. The molecule has 0 aliphatic carbocycles. The molecule has 0 radical (unpaired) electrons. The number of para-hydroxylation sites is 1. The molecular formula is C12H10N2O2. The molecule has 4 heteroatoms. The van der Waals surface area contributed by atoms with E-state index in [4.69, 9.17) is 4.74 Å². The maximum absolute atomic E-state index is 10.7. The van der Waals surface area contributed by atoms with Crippen molar-refractivity contribution in [1.29, 1.82) is 0 Å². The Balaban J connectivity index is 2.08. The molecule has 0 saturated carbocycles. The largest absolute Gasteiger partial charge is 0.485 e. The summed E-state index contributed by atoms with van der Waals surface area (Å²) in [6.45, 7) is 0.256. The van der Waals surface area contributed by atoms with Crippen LogP contribution in [0.5, 0.6) is 5.75 Å². The molecule has 80 valence electrons. The van der Waals surface area contributed by atoms with Crippen LogP contribution in [0.2, 0.25) is 0 Å². The molecule has 0 bridgehead atoms. The predicted octanol–water partition coefficient (Wildman–Crippen LogP) is 1.87. The zero-order chi connectivity index (χ0) is 11.2. The number of rotatable bonds is 4. The number of aldehydes is 1. The molecule has 2 aromatic rings. The van der Waals surface area contributed by atoms with E-state index >= 15 is 0 Å². The first-order chi connectivity index (χ1) is 7.90. The van der Waals surface area contributed by atoms with Gasteiger partial charge in [0.25, 0.3) is 0 Å². The van der Waals surface area contributed by atoms with Crippen molar-refractivity contribution in [3.8, 4) is 5.75 Å². The summed E-state index contributed by atoms with van der Waals surface area (Å²) in [5.41, 5.74) is 0.526. The quantitative estimate of drug-likeness (QED) is 0.729. The fourth-order valence-corrected chi connectivity index (χ4v) is 1.26. The molecule has 0 atom stereocenters. The Morgan fingerprint density at radius 3 is 2.62 bits per heavy atom. The first-order valence-electron chi connectivity index (χ1n) is 4.83. The number of hydrogen-bond acceptors (Lipinski definition) is 4. The summed E-state index contributed by atoms with van der Waals surface area (Å²) in [6.07, 6.45) is 4.07. The van der Waals surface area contributed by atoms with Gasteiger partial charge >= 0.3 is 0 Å². The molecule has 0 amide bonds. The van der Waals surface area contributed by atoms with Crippen LogP contribution in [0.3, 0.4) is 0 Å². The third-order valence-corrected chi connectivity index (χ3v) is 2.02. The molecule has 1 heterocycles. The van der Waals surface area contributed by atoms with E-state index in [0.29, 0.717) is 17.1 Å². The van der Waals surface area contributed by atoms with Crippen molar-refractivity contribution >= 4 is 6.29 Å². The maximum Gasteiger partial charge on any atom is 0.166 e. The normalized spacial score (nSPS) is 9.75. The average Bonchev–Trinajstić information content (AvgIpc) is 2.38. The Morgan fingerprint density at radius 2 is 1.88 bits per heavy atom. The number of nitrogens with zero attached hydrogens (tertiary/aromatic N) is 2. The van der Waals surface area contributed by atoms with Crippen molar-refractivity contribution < 1.29 is 9.53 Å². The Bertz CT molecular complexity index is 471. The van der Waals surface area contributed by atoms with Crippen molar-refractivity contribution in [1.82, 2.24) is 9.97 Å². The number of hydrogen-bond donors (Lipinski definition) is 0. The van der Waals surface area contributed by atoms with Gasteiger partial charge in [-0.1, -0.05) is 12.1 Å². The van der Waals surface area contributed by atoms with Gasteiger partial charge < -0.3 is 4.74 Å². The molecular weight excluding hydrogens is 204 g/mol. The van der Waals surface area contributed by atoms with Crippen molar-refractivity contribution in [3.05, 3.63) is 54.1 Å². The molecule has 0 unspecified atom stereocenters. The molecule has 4 nitrogen and oxygen atoms in total. The van der Waals surface area contributed by atoms with Gasteiger partial charge in [-0.15, -0.1) is 0 Å². The van der Waals surface area contributed by atoms with Crippen molar-refractivity contribution in [2.75, 3.05) is 0 Å². The lowest BCUT2D eigenvalue weighted by molar-refractivity contribution is 0.111. The highest BCUT2D eigenvalue weighted by atomic mass is 16.5. The van der Waals surface area contributed by atoms with Crippen LogP contribution in [0, 0.1) is 0 Å². The van der Waals surface area contributed by atoms with E-state index in [2.05, 4.69) is 9.97 Å². The number of carbonyl (C=O) groups is 1. The Kier molecular flexibility index (Phi) is 3.23. The minimum absolute atomic E-state index is 0.256. The fourth-order valence-electron chi connectivity index (χ4n) is 1.26. The van der Waals surface area contributed by atoms with Crippen LogP contribution in [0.4, 0.5) is 0 Å². The van der Waals surface area contributed by atoms with Crippen LogP contribution in [-0.4, -0.2) is 16.3 Å². The summed E-state index contributed by atoms with van der Waals surface area (Å²) >= 11 is 0. The van der Waals surface area contributed by atoms with Gasteiger partial charge in [0.1, 0.15) is 12.4 Å². The van der Waals surface area contributed by atoms with Gasteiger partial charge in [-0.3, -0.25) is 4.79 Å². The van der Waals surface area contributed by atoms with Crippen molar-refractivity contribution in [2.45, 2.75) is 6.61 Å². The fraction of sp³-hybridized carbons (Fsp3) is 0.0833. The zero-order valence-electron chi connectivity index (χ0n) is 8.54. The number of ether oxygens (including phenoxy) is 1. The van der Waals surface area contributed by atoms with E-state index < -0.39 is 0 Å². The molecule has 2 rings (SSSR count). The van der Waals surface area contributed by atoms with Crippen LogP contribution in [-0.2, 0) is 6.61 Å². The van der Waals surface area contributed by atoms with Gasteiger partial charge in [0, 0.05) is 12.4 Å². The summed E-state index contributed by atoms with van der Waals surface area (Å²) in [5, 5.41) is 0. The van der Waals surface area contributed by atoms with Gasteiger partial charge in [0.2, 0.25) is 0 Å². The zero-order valence-corrected chi connectivity index (χ0v) is 8.54. The first kappa shape index (κ1) is 10.3. The van der Waals surface area contributed by atoms with Crippen LogP contribution >= 0.6 is 0 Å². The molecule has 16 heavy (non-hydrogen) atoms. The Labute approximate surface area is 92.9 Å². The van der Waals surface area contributed by atoms with Crippen LogP contribution in [0.1, 0.15) is 16.2 Å². The highest BCUT2D eigenvalue weighted by Gasteiger charge is 2.02. The van der Waals surface area contributed by atoms with Gasteiger partial charge in [-0.2, -0.15) is 0 Å². The first-order valence-corrected chi connectivity index (χ1v) is 4.83. The third kappa shape index (κ3) is 2.42. The second-order valence-corrected chi connectivity index (χ2v) is 3.11. The molecule has 0 aliphatic heterocycles. The summed E-state index contributed by atoms with van der Waals surface area (Å²) in [5.74, 6) is 1.13. The summed E-state index contributed by atoms with van der Waals surface area (Å²) in [6, 6.07) is 8.79. The van der Waals surface area contributed by atoms with E-state index in [-0.39, 0.29) is 6.61 Å². The van der Waals surface area contributed by atoms with Crippen LogP contribution in [0.25, 0.3) is 0 Å². The number of carbonyl (C=O) groups excluding carboxylic acids is 1. The van der Waals surface area contributed by atoms with Crippen molar-refractivity contribution in [2.24, 2.45) is 0 Å². The highest BCUT2D eigenvalue weighted by molar-refractivity contribution is 5.79. The number of aromatic nitrogens is 2. The Morgan fingerprint density at radius 1 is 1.12 bits per heavy atom. The molecule has 0 aliphatic rings. The summed E-state index contributed by atoms with van der Waals surface area (Å²) < 4.78 is 5.46. The monoisotopic (exact) mass is 214 g/mol. The smallest absolute Gasteiger partial charge is 0.166 e. The van der Waals surface area contributed by atoms with Gasteiger partial charge in [0.05, 0.1) is 5.56 Å². The highest BCUT2D eigenvalue weighted by Crippen LogP contribution is 2.16. The number of benzene rings is 1. The molecule has 0 saturated heterocycles. The van der Waals surface area contributed by atoms with E-state index in [1.165, 1.54) is 0 Å². The predicted molar refractivity (Wildman–Crippen MR) is 58.2 cm³/mol. The third-order valence-electron chi connectivity index (χ3n) is 2.02. The standard InChI is InChI=1S/C12H10N2O2/c15-8-10-4-1-2-5-11(10)16-9-12-13-6-3-7-14-12/h1-8H,9H2. The lowest BCUT2D eigenvalue weighted by atomic mass is 10.2. The van der Waals surface area contributed by atoms with E-state index in [9.17, 15) is 4.79 Å². The molecule has 0 fully saturated rings. The summed E-state index contributed by atoms with van der Waals surface area (Å²) in [7, 11) is 0. The minimum Gasteiger partial charge on any atom is -0.485 e. The van der Waals surface area contributed by atoms with E-state index in [1.54, 1.807) is 36.7 Å². The lowest BCUT2D eigenvalue weighted by Gasteiger charge is -2.06. The topological polar surface area (TPSA) is 52.1 Å². The molecule has 0 N–H and O–H groups in total. The van der Waals surface area contributed by atoms with E-state index in [1.807, 2.05) is 6.07 Å². The van der Waals surface area contributed by atoms with Crippen molar-refractivity contribution in [3.63, 3.8) is 0 Å². The second-order valence-electron chi connectivity index (χ2n) is 3.11. The van der Waals surface area contributed by atoms with Gasteiger partial charge in [-0.05, 0) is 18.2 Å². The van der Waals surface area contributed by atoms with Crippen LogP contribution < -0.4 is 4.74 Å². The Hall–Kier alpha value is -2.23. The second kappa shape index (κ2) is 5.02. The van der Waals surface area contributed by atoms with Gasteiger partial charge in [-0.25, -0.2) is 9.97 Å². The van der Waals surface area contributed by atoms with Crippen LogP contribution in [0.15, 0.2) is 42.7 Å².